The lowest BCUT2D eigenvalue weighted by atomic mass is 9.72. The van der Waals surface area contributed by atoms with Crippen LogP contribution >= 0.6 is 11.3 Å². The summed E-state index contributed by atoms with van der Waals surface area (Å²) in [7, 11) is 0. The molecule has 2 N–H and O–H groups in total. The van der Waals surface area contributed by atoms with Crippen LogP contribution in [0.15, 0.2) is 42.0 Å². The zero-order valence-corrected chi connectivity index (χ0v) is 16.2. The Labute approximate surface area is 165 Å². The Morgan fingerprint density at radius 2 is 2.11 bits per heavy atom. The molecule has 2 aromatic heterocycles. The van der Waals surface area contributed by atoms with E-state index in [2.05, 4.69) is 15.6 Å². The Morgan fingerprint density at radius 1 is 1.32 bits per heavy atom. The van der Waals surface area contributed by atoms with Crippen LogP contribution in [0.25, 0.3) is 4.96 Å². The van der Waals surface area contributed by atoms with Crippen LogP contribution in [0, 0.1) is 0 Å². The third-order valence-electron chi connectivity index (χ3n) is 5.28. The first kappa shape index (κ1) is 18.4. The van der Waals surface area contributed by atoms with Crippen LogP contribution in [0.5, 0.6) is 0 Å². The Kier molecular flexibility index (Phi) is 4.72. The van der Waals surface area contributed by atoms with Gasteiger partial charge in [0, 0.05) is 29.9 Å². The standard InChI is InChI=1S/C20H20N4O3S/c1-2-20(8-7-16(25)23-18(20)27)13-3-5-14(6-4-13)21-17(26)11-15-12-24-9-10-28-19(24)22-15/h3-6,9-10,12H,2,7-8,11H2,1H3,(H,21,26)(H,23,25,27). The number of carbonyl (C=O) groups excluding carboxylic acids is 3. The van der Waals surface area contributed by atoms with E-state index in [1.54, 1.807) is 12.1 Å². The number of piperidine rings is 1. The molecule has 3 heterocycles. The number of fused-ring (bicyclic) bond motifs is 1. The van der Waals surface area contributed by atoms with E-state index in [1.807, 2.05) is 41.2 Å². The summed E-state index contributed by atoms with van der Waals surface area (Å²) < 4.78 is 1.90. The summed E-state index contributed by atoms with van der Waals surface area (Å²) in [4.78, 5) is 41.5. The fourth-order valence-corrected chi connectivity index (χ4v) is 4.39. The minimum atomic E-state index is -0.696. The number of hydrogen-bond donors (Lipinski definition) is 2. The Hall–Kier alpha value is -3.00. The van der Waals surface area contributed by atoms with Gasteiger partial charge in [0.05, 0.1) is 17.5 Å². The van der Waals surface area contributed by atoms with E-state index in [0.717, 1.165) is 16.2 Å². The summed E-state index contributed by atoms with van der Waals surface area (Å²) in [6, 6.07) is 7.28. The molecular formula is C20H20N4O3S. The number of nitrogens with one attached hydrogen (secondary N) is 2. The molecule has 1 aromatic carbocycles. The zero-order chi connectivity index (χ0) is 19.7. The highest BCUT2D eigenvalue weighted by molar-refractivity contribution is 7.15. The molecule has 3 amide bonds. The number of anilines is 1. The van der Waals surface area contributed by atoms with Crippen molar-refractivity contribution in [1.82, 2.24) is 14.7 Å². The van der Waals surface area contributed by atoms with Crippen molar-refractivity contribution < 1.29 is 14.4 Å². The van der Waals surface area contributed by atoms with E-state index >= 15 is 0 Å². The summed E-state index contributed by atoms with van der Waals surface area (Å²) in [5.74, 6) is -0.621. The first-order valence-corrected chi connectivity index (χ1v) is 10.0. The van der Waals surface area contributed by atoms with Crippen molar-refractivity contribution in [2.75, 3.05) is 5.32 Å². The molecule has 28 heavy (non-hydrogen) atoms. The van der Waals surface area contributed by atoms with E-state index in [4.69, 9.17) is 0 Å². The quantitative estimate of drug-likeness (QED) is 0.649. The van der Waals surface area contributed by atoms with Crippen molar-refractivity contribution in [3.8, 4) is 0 Å². The number of thiazole rings is 1. The van der Waals surface area contributed by atoms with Crippen LogP contribution in [0.2, 0.25) is 0 Å². The maximum atomic E-state index is 12.5. The van der Waals surface area contributed by atoms with Crippen molar-refractivity contribution in [2.24, 2.45) is 0 Å². The van der Waals surface area contributed by atoms with Crippen LogP contribution in [0.1, 0.15) is 37.4 Å². The minimum absolute atomic E-state index is 0.148. The Balaban J connectivity index is 1.45. The van der Waals surface area contributed by atoms with Gasteiger partial charge in [-0.25, -0.2) is 4.98 Å². The van der Waals surface area contributed by atoms with Gasteiger partial charge in [-0.2, -0.15) is 0 Å². The summed E-state index contributed by atoms with van der Waals surface area (Å²) in [6.45, 7) is 1.95. The van der Waals surface area contributed by atoms with Gasteiger partial charge in [0.25, 0.3) is 0 Å². The fourth-order valence-electron chi connectivity index (χ4n) is 3.67. The molecule has 1 atom stereocenters. The molecule has 7 nitrogen and oxygen atoms in total. The molecule has 4 rings (SSSR count). The van der Waals surface area contributed by atoms with Crippen molar-refractivity contribution in [3.05, 3.63) is 53.3 Å². The van der Waals surface area contributed by atoms with E-state index in [0.29, 0.717) is 24.9 Å². The number of nitrogens with zero attached hydrogens (tertiary/aromatic N) is 2. The molecule has 1 fully saturated rings. The van der Waals surface area contributed by atoms with Crippen molar-refractivity contribution in [1.29, 1.82) is 0 Å². The SMILES string of the molecule is CCC1(c2ccc(NC(=O)Cc3cn4ccsc4n3)cc2)CCC(=O)NC1=O. The molecule has 1 saturated heterocycles. The molecule has 1 aliphatic heterocycles. The van der Waals surface area contributed by atoms with Gasteiger partial charge in [0.1, 0.15) is 0 Å². The maximum absolute atomic E-state index is 12.5. The smallest absolute Gasteiger partial charge is 0.237 e. The second-order valence-electron chi connectivity index (χ2n) is 6.94. The molecular weight excluding hydrogens is 376 g/mol. The van der Waals surface area contributed by atoms with Crippen molar-refractivity contribution in [2.45, 2.75) is 38.0 Å². The van der Waals surface area contributed by atoms with Crippen LogP contribution < -0.4 is 10.6 Å². The van der Waals surface area contributed by atoms with Gasteiger partial charge in [-0.05, 0) is 30.5 Å². The molecule has 0 bridgehead atoms. The number of carbonyl (C=O) groups is 3. The zero-order valence-electron chi connectivity index (χ0n) is 15.4. The highest BCUT2D eigenvalue weighted by atomic mass is 32.1. The number of imide groups is 1. The van der Waals surface area contributed by atoms with E-state index < -0.39 is 5.41 Å². The predicted octanol–water partition coefficient (Wildman–Crippen LogP) is 2.66. The van der Waals surface area contributed by atoms with Crippen LogP contribution in [-0.4, -0.2) is 27.1 Å². The summed E-state index contributed by atoms with van der Waals surface area (Å²) >= 11 is 1.52. The largest absolute Gasteiger partial charge is 0.326 e. The second kappa shape index (κ2) is 7.20. The second-order valence-corrected chi connectivity index (χ2v) is 7.81. The fraction of sp³-hybridized carbons (Fsp3) is 0.300. The van der Waals surface area contributed by atoms with E-state index in [-0.39, 0.29) is 24.1 Å². The number of amides is 3. The highest BCUT2D eigenvalue weighted by Crippen LogP contribution is 2.36. The van der Waals surface area contributed by atoms with Gasteiger partial charge >= 0.3 is 0 Å². The Morgan fingerprint density at radius 3 is 2.79 bits per heavy atom. The number of imidazole rings is 1. The first-order valence-electron chi connectivity index (χ1n) is 9.16. The van der Waals surface area contributed by atoms with Gasteiger partial charge in [-0.15, -0.1) is 11.3 Å². The number of benzene rings is 1. The normalized spacial score (nSPS) is 19.6. The first-order chi connectivity index (χ1) is 13.5. The van der Waals surface area contributed by atoms with Crippen molar-refractivity contribution in [3.63, 3.8) is 0 Å². The molecule has 0 aliphatic carbocycles. The summed E-state index contributed by atoms with van der Waals surface area (Å²) in [5.41, 5.74) is 1.54. The lowest BCUT2D eigenvalue weighted by Gasteiger charge is -2.35. The molecule has 1 aliphatic rings. The molecule has 0 radical (unpaired) electrons. The topological polar surface area (TPSA) is 92.6 Å². The van der Waals surface area contributed by atoms with Crippen molar-refractivity contribution >= 4 is 39.7 Å². The number of hydrogen-bond acceptors (Lipinski definition) is 5. The summed E-state index contributed by atoms with van der Waals surface area (Å²) in [6.07, 6.45) is 5.39. The van der Waals surface area contributed by atoms with E-state index in [1.165, 1.54) is 11.3 Å². The lowest BCUT2D eigenvalue weighted by Crippen LogP contribution is -2.51. The molecule has 8 heteroatoms. The third kappa shape index (κ3) is 3.31. The molecule has 144 valence electrons. The highest BCUT2D eigenvalue weighted by Gasteiger charge is 2.42. The maximum Gasteiger partial charge on any atom is 0.237 e. The number of rotatable bonds is 5. The number of aromatic nitrogens is 2. The molecule has 3 aromatic rings. The van der Waals surface area contributed by atoms with E-state index in [9.17, 15) is 14.4 Å². The predicted molar refractivity (Wildman–Crippen MR) is 106 cm³/mol. The van der Waals surface area contributed by atoms with Gasteiger partial charge in [-0.3, -0.25) is 24.1 Å². The van der Waals surface area contributed by atoms with Crippen LogP contribution in [0.4, 0.5) is 5.69 Å². The average molecular weight is 396 g/mol. The molecule has 0 spiro atoms. The monoisotopic (exact) mass is 396 g/mol. The minimum Gasteiger partial charge on any atom is -0.326 e. The average Bonchev–Trinajstić information content (AvgIpc) is 3.24. The van der Waals surface area contributed by atoms with Crippen LogP contribution in [-0.2, 0) is 26.2 Å². The summed E-state index contributed by atoms with van der Waals surface area (Å²) in [5, 5.41) is 7.26. The molecule has 1 unspecified atom stereocenters. The van der Waals surface area contributed by atoms with Gasteiger partial charge < -0.3 is 5.32 Å². The third-order valence-corrected chi connectivity index (χ3v) is 6.05. The van der Waals surface area contributed by atoms with Crippen LogP contribution in [0.3, 0.4) is 0 Å². The lowest BCUT2D eigenvalue weighted by molar-refractivity contribution is -0.138. The van der Waals surface area contributed by atoms with Gasteiger partial charge in [-0.1, -0.05) is 19.1 Å². The van der Waals surface area contributed by atoms with Gasteiger partial charge in [0.2, 0.25) is 17.7 Å². The van der Waals surface area contributed by atoms with Gasteiger partial charge in [0.15, 0.2) is 4.96 Å². The molecule has 0 saturated carbocycles. The Bertz CT molecular complexity index is 1020.